The second kappa shape index (κ2) is 4.45. The van der Waals surface area contributed by atoms with E-state index in [2.05, 4.69) is 20.1 Å². The van der Waals surface area contributed by atoms with Crippen molar-refractivity contribution in [2.24, 2.45) is 5.73 Å². The molecule has 2 aromatic heterocycles. The van der Waals surface area contributed by atoms with Gasteiger partial charge in [-0.25, -0.2) is 9.97 Å². The Hall–Kier alpha value is -1.82. The van der Waals surface area contributed by atoms with Crippen LogP contribution in [0.4, 0.5) is 0 Å². The number of aryl methyl sites for hydroxylation is 1. The Morgan fingerprint density at radius 2 is 2.22 bits per heavy atom. The Balaban J connectivity index is 1.89. The first kappa shape index (κ1) is 11.3. The van der Waals surface area contributed by atoms with Gasteiger partial charge in [-0.05, 0) is 25.8 Å². The van der Waals surface area contributed by atoms with E-state index in [9.17, 15) is 0 Å². The average Bonchev–Trinajstić information content (AvgIpc) is 2.97. The van der Waals surface area contributed by atoms with Crippen molar-refractivity contribution in [3.8, 4) is 11.5 Å². The van der Waals surface area contributed by atoms with Gasteiger partial charge in [0.2, 0.25) is 11.7 Å². The van der Waals surface area contributed by atoms with Crippen LogP contribution in [0.2, 0.25) is 0 Å². The lowest BCUT2D eigenvalue weighted by atomic mass is 10.1. The van der Waals surface area contributed by atoms with Crippen molar-refractivity contribution in [2.45, 2.75) is 38.1 Å². The van der Waals surface area contributed by atoms with E-state index in [0.717, 1.165) is 19.3 Å². The zero-order valence-corrected chi connectivity index (χ0v) is 10.2. The van der Waals surface area contributed by atoms with Gasteiger partial charge in [0, 0.05) is 12.2 Å². The number of rotatable bonds is 2. The molecule has 0 bridgehead atoms. The average molecular weight is 245 g/mol. The molecule has 0 spiro atoms. The van der Waals surface area contributed by atoms with Crippen LogP contribution in [0.3, 0.4) is 0 Å². The molecule has 2 unspecified atom stereocenters. The zero-order chi connectivity index (χ0) is 12.5. The van der Waals surface area contributed by atoms with E-state index >= 15 is 0 Å². The summed E-state index contributed by atoms with van der Waals surface area (Å²) >= 11 is 0. The molecule has 18 heavy (non-hydrogen) atoms. The molecule has 2 heterocycles. The van der Waals surface area contributed by atoms with Crippen LogP contribution in [0.25, 0.3) is 11.5 Å². The Bertz CT molecular complexity index is 553. The van der Waals surface area contributed by atoms with Gasteiger partial charge in [0.15, 0.2) is 0 Å². The zero-order valence-electron chi connectivity index (χ0n) is 10.2. The summed E-state index contributed by atoms with van der Waals surface area (Å²) in [5.74, 6) is 2.02. The first-order chi connectivity index (χ1) is 8.74. The van der Waals surface area contributed by atoms with Crippen molar-refractivity contribution < 1.29 is 4.52 Å². The van der Waals surface area contributed by atoms with Gasteiger partial charge in [-0.3, -0.25) is 0 Å². The normalized spacial score (nSPS) is 23.4. The maximum Gasteiger partial charge on any atom is 0.231 e. The van der Waals surface area contributed by atoms with Crippen molar-refractivity contribution in [1.82, 2.24) is 20.1 Å². The molecule has 2 aromatic rings. The lowest BCUT2D eigenvalue weighted by Crippen LogP contribution is -2.22. The van der Waals surface area contributed by atoms with Crippen LogP contribution in [0, 0.1) is 6.92 Å². The van der Waals surface area contributed by atoms with E-state index in [1.165, 1.54) is 0 Å². The van der Waals surface area contributed by atoms with Gasteiger partial charge >= 0.3 is 0 Å². The Kier molecular flexibility index (Phi) is 2.79. The van der Waals surface area contributed by atoms with E-state index in [1.54, 1.807) is 12.3 Å². The second-order valence-electron chi connectivity index (χ2n) is 4.65. The largest absolute Gasteiger partial charge is 0.339 e. The minimum atomic E-state index is 0.130. The van der Waals surface area contributed by atoms with Crippen molar-refractivity contribution in [2.75, 3.05) is 0 Å². The number of nitrogens with two attached hydrogens (primary N) is 1. The van der Waals surface area contributed by atoms with Gasteiger partial charge in [0.05, 0.1) is 5.92 Å². The van der Waals surface area contributed by atoms with E-state index in [0.29, 0.717) is 23.2 Å². The lowest BCUT2D eigenvalue weighted by molar-refractivity contribution is 0.345. The topological polar surface area (TPSA) is 90.7 Å². The molecule has 0 aliphatic heterocycles. The SMILES string of the molecule is Cc1nccc(-c2noc(C3CCCC3N)n2)n1. The minimum Gasteiger partial charge on any atom is -0.339 e. The molecule has 6 heteroatoms. The number of hydrogen-bond acceptors (Lipinski definition) is 6. The maximum absolute atomic E-state index is 6.03. The molecule has 1 fully saturated rings. The summed E-state index contributed by atoms with van der Waals surface area (Å²) in [5, 5.41) is 3.97. The molecule has 0 saturated heterocycles. The molecule has 2 N–H and O–H groups in total. The fraction of sp³-hybridized carbons (Fsp3) is 0.500. The maximum atomic E-state index is 6.03. The summed E-state index contributed by atoms with van der Waals surface area (Å²) < 4.78 is 5.31. The Morgan fingerprint density at radius 1 is 1.33 bits per heavy atom. The monoisotopic (exact) mass is 245 g/mol. The summed E-state index contributed by atoms with van der Waals surface area (Å²) in [6.45, 7) is 1.83. The predicted octanol–water partition coefficient (Wildman–Crippen LogP) is 1.43. The van der Waals surface area contributed by atoms with Crippen LogP contribution in [0.15, 0.2) is 16.8 Å². The highest BCUT2D eigenvalue weighted by Gasteiger charge is 2.30. The first-order valence-corrected chi connectivity index (χ1v) is 6.13. The highest BCUT2D eigenvalue weighted by Crippen LogP contribution is 2.32. The van der Waals surface area contributed by atoms with Gasteiger partial charge in [0.1, 0.15) is 11.5 Å². The summed E-state index contributed by atoms with van der Waals surface area (Å²) in [4.78, 5) is 12.7. The summed E-state index contributed by atoms with van der Waals surface area (Å²) in [5.41, 5.74) is 6.71. The van der Waals surface area contributed by atoms with Crippen LogP contribution in [0.5, 0.6) is 0 Å². The van der Waals surface area contributed by atoms with Crippen LogP contribution < -0.4 is 5.73 Å². The number of nitrogens with zero attached hydrogens (tertiary/aromatic N) is 4. The first-order valence-electron chi connectivity index (χ1n) is 6.13. The third kappa shape index (κ3) is 1.99. The number of aromatic nitrogens is 4. The molecule has 94 valence electrons. The van der Waals surface area contributed by atoms with Gasteiger partial charge in [-0.15, -0.1) is 0 Å². The fourth-order valence-corrected chi connectivity index (χ4v) is 2.37. The van der Waals surface area contributed by atoms with Crippen molar-refractivity contribution in [1.29, 1.82) is 0 Å². The molecular formula is C12H15N5O. The van der Waals surface area contributed by atoms with Crippen LogP contribution in [0.1, 0.15) is 36.9 Å². The summed E-state index contributed by atoms with van der Waals surface area (Å²) in [7, 11) is 0. The van der Waals surface area contributed by atoms with Crippen molar-refractivity contribution in [3.63, 3.8) is 0 Å². The third-order valence-electron chi connectivity index (χ3n) is 3.33. The molecule has 0 amide bonds. The lowest BCUT2D eigenvalue weighted by Gasteiger charge is -2.08. The molecular weight excluding hydrogens is 230 g/mol. The van der Waals surface area contributed by atoms with Crippen LogP contribution in [-0.2, 0) is 0 Å². The quantitative estimate of drug-likeness (QED) is 0.860. The Morgan fingerprint density at radius 3 is 2.94 bits per heavy atom. The molecule has 1 aliphatic carbocycles. The van der Waals surface area contributed by atoms with Crippen LogP contribution in [-0.4, -0.2) is 26.2 Å². The summed E-state index contributed by atoms with van der Waals surface area (Å²) in [6, 6.07) is 1.90. The standard InChI is InChI=1S/C12H15N5O/c1-7-14-6-5-10(15-7)11-16-12(18-17-11)8-3-2-4-9(8)13/h5-6,8-9H,2-4,13H2,1H3. The van der Waals surface area contributed by atoms with Gasteiger partial charge < -0.3 is 10.3 Å². The second-order valence-corrected chi connectivity index (χ2v) is 4.65. The van der Waals surface area contributed by atoms with Gasteiger partial charge in [0.25, 0.3) is 0 Å². The smallest absolute Gasteiger partial charge is 0.231 e. The van der Waals surface area contributed by atoms with E-state index < -0.39 is 0 Å². The van der Waals surface area contributed by atoms with Crippen molar-refractivity contribution >= 4 is 0 Å². The summed E-state index contributed by atoms with van der Waals surface area (Å²) in [6.07, 6.45) is 4.85. The molecule has 2 atom stereocenters. The molecule has 1 aliphatic rings. The Labute approximate surface area is 105 Å². The highest BCUT2D eigenvalue weighted by atomic mass is 16.5. The van der Waals surface area contributed by atoms with Gasteiger partial charge in [-0.2, -0.15) is 4.98 Å². The predicted molar refractivity (Wildman–Crippen MR) is 64.6 cm³/mol. The minimum absolute atomic E-state index is 0.130. The third-order valence-corrected chi connectivity index (χ3v) is 3.33. The molecule has 3 rings (SSSR count). The van der Waals surface area contributed by atoms with E-state index in [-0.39, 0.29) is 12.0 Å². The highest BCUT2D eigenvalue weighted by molar-refractivity contribution is 5.47. The van der Waals surface area contributed by atoms with Crippen molar-refractivity contribution in [3.05, 3.63) is 24.0 Å². The fourth-order valence-electron chi connectivity index (χ4n) is 2.37. The molecule has 6 nitrogen and oxygen atoms in total. The van der Waals surface area contributed by atoms with Crippen LogP contribution >= 0.6 is 0 Å². The number of hydrogen-bond donors (Lipinski definition) is 1. The molecule has 1 saturated carbocycles. The van der Waals surface area contributed by atoms with E-state index in [4.69, 9.17) is 10.3 Å². The van der Waals surface area contributed by atoms with E-state index in [1.807, 2.05) is 6.92 Å². The molecule has 0 radical (unpaired) electrons. The molecule has 0 aromatic carbocycles. The van der Waals surface area contributed by atoms with Gasteiger partial charge in [-0.1, -0.05) is 11.6 Å².